The van der Waals surface area contributed by atoms with Gasteiger partial charge in [-0.05, 0) is 38.7 Å². The number of benzene rings is 1. The molecule has 11 heteroatoms. The Kier molecular flexibility index (Phi) is 11.0. The quantitative estimate of drug-likeness (QED) is 0.163. The number of aliphatic hydroxyl groups is 1. The van der Waals surface area contributed by atoms with Gasteiger partial charge in [-0.1, -0.05) is 6.07 Å². The van der Waals surface area contributed by atoms with E-state index in [-0.39, 0.29) is 18.7 Å². The average Bonchev–Trinajstić information content (AvgIpc) is 3.03. The summed E-state index contributed by atoms with van der Waals surface area (Å²) < 4.78 is 26.8. The number of nitrogens with one attached hydrogen (secondary N) is 2. The molecule has 0 aliphatic heterocycles. The summed E-state index contributed by atoms with van der Waals surface area (Å²) in [6, 6.07) is 5.13. The summed E-state index contributed by atoms with van der Waals surface area (Å²) in [5.74, 6) is 0.0390. The van der Waals surface area contributed by atoms with Crippen molar-refractivity contribution in [2.45, 2.75) is 31.5 Å². The van der Waals surface area contributed by atoms with E-state index in [1.807, 2.05) is 14.1 Å². The van der Waals surface area contributed by atoms with Crippen molar-refractivity contribution in [3.05, 3.63) is 66.9 Å². The fourth-order valence-corrected chi connectivity index (χ4v) is 5.34. The SMILES string of the molecule is Cc1cc(CSCCNC(C[N+](=O)[O-])NCC(O)c2ccc(F)cc2F)sc1CN(C)C. The van der Waals surface area contributed by atoms with E-state index in [1.165, 1.54) is 21.4 Å². The number of nitro groups is 1. The molecule has 2 aromatic rings. The summed E-state index contributed by atoms with van der Waals surface area (Å²) in [6.45, 7) is 3.08. The first-order valence-corrected chi connectivity index (χ1v) is 12.1. The second-order valence-electron chi connectivity index (χ2n) is 7.72. The number of hydrogen-bond acceptors (Lipinski definition) is 8. The van der Waals surface area contributed by atoms with Gasteiger partial charge in [-0.2, -0.15) is 11.8 Å². The molecule has 1 aromatic heterocycles. The lowest BCUT2D eigenvalue weighted by atomic mass is 10.1. The van der Waals surface area contributed by atoms with Crippen LogP contribution in [0.25, 0.3) is 0 Å². The minimum Gasteiger partial charge on any atom is -0.387 e. The first kappa shape index (κ1) is 26.6. The van der Waals surface area contributed by atoms with E-state index in [4.69, 9.17) is 0 Å². The van der Waals surface area contributed by atoms with Crippen molar-refractivity contribution in [1.82, 2.24) is 15.5 Å². The van der Waals surface area contributed by atoms with Gasteiger partial charge in [-0.25, -0.2) is 8.78 Å². The summed E-state index contributed by atoms with van der Waals surface area (Å²) in [5, 5.41) is 27.0. The third kappa shape index (κ3) is 9.08. The molecule has 2 unspecified atom stereocenters. The minimum absolute atomic E-state index is 0.0609. The van der Waals surface area contributed by atoms with Crippen LogP contribution in [0.15, 0.2) is 24.3 Å². The lowest BCUT2D eigenvalue weighted by Gasteiger charge is -2.19. The average molecular weight is 489 g/mol. The highest BCUT2D eigenvalue weighted by Gasteiger charge is 2.19. The van der Waals surface area contributed by atoms with Crippen LogP contribution in [0.1, 0.15) is 27.0 Å². The Morgan fingerprint density at radius 2 is 2.03 bits per heavy atom. The van der Waals surface area contributed by atoms with Crippen LogP contribution in [0.5, 0.6) is 0 Å². The number of thiophene rings is 1. The first-order valence-electron chi connectivity index (χ1n) is 10.2. The second kappa shape index (κ2) is 13.2. The normalized spacial score (nSPS) is 13.5. The predicted octanol–water partition coefficient (Wildman–Crippen LogP) is 3.15. The lowest BCUT2D eigenvalue weighted by Crippen LogP contribution is -2.49. The third-order valence-corrected chi connectivity index (χ3v) is 7.04. The van der Waals surface area contributed by atoms with E-state index in [2.05, 4.69) is 28.5 Å². The van der Waals surface area contributed by atoms with Crippen molar-refractivity contribution in [3.8, 4) is 0 Å². The molecule has 0 saturated carbocycles. The van der Waals surface area contributed by atoms with Crippen LogP contribution in [0.2, 0.25) is 0 Å². The largest absolute Gasteiger partial charge is 0.387 e. The third-order valence-electron chi connectivity index (χ3n) is 4.62. The zero-order valence-corrected chi connectivity index (χ0v) is 20.1. The number of aryl methyl sites for hydroxylation is 1. The zero-order chi connectivity index (χ0) is 23.7. The zero-order valence-electron chi connectivity index (χ0n) is 18.4. The molecule has 7 nitrogen and oxygen atoms in total. The summed E-state index contributed by atoms with van der Waals surface area (Å²) in [4.78, 5) is 15.3. The molecule has 1 heterocycles. The number of thioether (sulfide) groups is 1. The van der Waals surface area contributed by atoms with Crippen molar-refractivity contribution in [1.29, 1.82) is 0 Å². The van der Waals surface area contributed by atoms with Crippen LogP contribution >= 0.6 is 23.1 Å². The van der Waals surface area contributed by atoms with Gasteiger partial charge in [0, 0.05) is 57.4 Å². The summed E-state index contributed by atoms with van der Waals surface area (Å²) >= 11 is 3.54. The molecule has 0 aliphatic carbocycles. The van der Waals surface area contributed by atoms with Gasteiger partial charge in [0.05, 0.1) is 6.10 Å². The maximum Gasteiger partial charge on any atom is 0.231 e. The number of rotatable bonds is 14. The van der Waals surface area contributed by atoms with Crippen LogP contribution in [-0.2, 0) is 12.3 Å². The molecule has 2 rings (SSSR count). The molecule has 0 fully saturated rings. The van der Waals surface area contributed by atoms with Crippen molar-refractivity contribution >= 4 is 23.1 Å². The molecule has 0 aliphatic rings. The van der Waals surface area contributed by atoms with Crippen LogP contribution < -0.4 is 10.6 Å². The summed E-state index contributed by atoms with van der Waals surface area (Å²) in [6.07, 6.45) is -1.93. The molecular formula is C21H30F2N4O3S2. The van der Waals surface area contributed by atoms with Gasteiger partial charge in [-0.15, -0.1) is 11.3 Å². The number of halogens is 2. The summed E-state index contributed by atoms with van der Waals surface area (Å²) in [5.41, 5.74) is 1.23. The second-order valence-corrected chi connectivity index (χ2v) is 10.0. The van der Waals surface area contributed by atoms with Crippen molar-refractivity contribution < 1.29 is 18.8 Å². The molecule has 1 aromatic carbocycles. The monoisotopic (exact) mass is 488 g/mol. The Morgan fingerprint density at radius 1 is 1.28 bits per heavy atom. The number of hydrogen-bond donors (Lipinski definition) is 3. The minimum atomic E-state index is -1.25. The van der Waals surface area contributed by atoms with Gasteiger partial charge < -0.3 is 10.0 Å². The molecule has 0 radical (unpaired) electrons. The molecule has 0 bridgehead atoms. The topological polar surface area (TPSA) is 90.7 Å². The molecule has 0 amide bonds. The van der Waals surface area contributed by atoms with Gasteiger partial charge in [0.2, 0.25) is 6.54 Å². The Hall–Kier alpha value is -1.63. The maximum atomic E-state index is 13.8. The van der Waals surface area contributed by atoms with Gasteiger partial charge in [0.15, 0.2) is 0 Å². The van der Waals surface area contributed by atoms with Gasteiger partial charge in [0.25, 0.3) is 0 Å². The van der Waals surface area contributed by atoms with Gasteiger partial charge in [-0.3, -0.25) is 20.7 Å². The Labute approximate surface area is 195 Å². The standard InChI is InChI=1S/C21H30F2N4O3S2/c1-14-8-16(32-20(14)11-26(2)3)13-31-7-6-24-21(12-27(29)30)25-10-19(28)17-5-4-15(22)9-18(17)23/h4-5,8-9,19,21,24-25,28H,6-7,10-13H2,1-3H3. The maximum absolute atomic E-state index is 13.8. The van der Waals surface area contributed by atoms with Crippen LogP contribution in [0.4, 0.5) is 8.78 Å². The van der Waals surface area contributed by atoms with E-state index < -0.39 is 28.8 Å². The Morgan fingerprint density at radius 3 is 2.69 bits per heavy atom. The molecule has 178 valence electrons. The number of aliphatic hydroxyl groups excluding tert-OH is 1. The van der Waals surface area contributed by atoms with E-state index >= 15 is 0 Å². The Balaban J connectivity index is 1.77. The van der Waals surface area contributed by atoms with Gasteiger partial charge in [0.1, 0.15) is 17.8 Å². The van der Waals surface area contributed by atoms with Crippen LogP contribution in [0.3, 0.4) is 0 Å². The van der Waals surface area contributed by atoms with Crippen molar-refractivity contribution in [2.24, 2.45) is 0 Å². The molecular weight excluding hydrogens is 458 g/mol. The molecule has 32 heavy (non-hydrogen) atoms. The number of nitrogens with zero attached hydrogens (tertiary/aromatic N) is 2. The van der Waals surface area contributed by atoms with Gasteiger partial charge >= 0.3 is 0 Å². The van der Waals surface area contributed by atoms with E-state index in [1.54, 1.807) is 23.1 Å². The highest BCUT2D eigenvalue weighted by atomic mass is 32.2. The molecule has 2 atom stereocenters. The molecule has 0 spiro atoms. The smallest absolute Gasteiger partial charge is 0.231 e. The predicted molar refractivity (Wildman–Crippen MR) is 126 cm³/mol. The van der Waals surface area contributed by atoms with Crippen molar-refractivity contribution in [2.75, 3.05) is 39.5 Å². The fraction of sp³-hybridized carbons (Fsp3) is 0.524. The molecule has 0 saturated heterocycles. The van der Waals surface area contributed by atoms with E-state index in [0.717, 1.165) is 24.1 Å². The molecule has 3 N–H and O–H groups in total. The highest BCUT2D eigenvalue weighted by Crippen LogP contribution is 2.26. The fourth-order valence-electron chi connectivity index (χ4n) is 3.07. The van der Waals surface area contributed by atoms with E-state index in [9.17, 15) is 24.0 Å². The van der Waals surface area contributed by atoms with E-state index in [0.29, 0.717) is 12.6 Å². The lowest BCUT2D eigenvalue weighted by molar-refractivity contribution is -0.484. The van der Waals surface area contributed by atoms with Crippen LogP contribution in [0, 0.1) is 28.7 Å². The van der Waals surface area contributed by atoms with Crippen molar-refractivity contribution in [3.63, 3.8) is 0 Å². The summed E-state index contributed by atoms with van der Waals surface area (Å²) in [7, 11) is 4.09. The first-order chi connectivity index (χ1) is 15.2. The Bertz CT molecular complexity index is 883. The van der Waals surface area contributed by atoms with Crippen LogP contribution in [-0.4, -0.2) is 60.6 Å². The highest BCUT2D eigenvalue weighted by molar-refractivity contribution is 7.98.